The van der Waals surface area contributed by atoms with Crippen molar-refractivity contribution in [2.45, 2.75) is 398 Å². The van der Waals surface area contributed by atoms with Crippen molar-refractivity contribution in [3.05, 3.63) is 0 Å². The first-order chi connectivity index (χ1) is 41.1. The van der Waals surface area contributed by atoms with E-state index in [1.54, 1.807) is 0 Å². The lowest BCUT2D eigenvalue weighted by Crippen LogP contribution is -2.26. The molecule has 84 heavy (non-hydrogen) atoms. The minimum atomic E-state index is -4.54. The quantitative estimate of drug-likeness (QED) is 0.0336. The van der Waals surface area contributed by atoms with Crippen molar-refractivity contribution in [2.24, 2.45) is 0 Å². The van der Waals surface area contributed by atoms with Crippen molar-refractivity contribution < 1.29 is 56.7 Å². The Morgan fingerprint density at radius 3 is 0.548 bits per heavy atom. The van der Waals surface area contributed by atoms with Crippen molar-refractivity contribution in [3.8, 4) is 0 Å². The fourth-order valence-electron chi connectivity index (χ4n) is 11.5. The van der Waals surface area contributed by atoms with Gasteiger partial charge in [-0.05, 0) is 25.7 Å². The first-order valence-electron chi connectivity index (χ1n) is 36.9. The lowest BCUT2D eigenvalue weighted by Gasteiger charge is -2.18. The van der Waals surface area contributed by atoms with Crippen LogP contribution in [0.3, 0.4) is 0 Å². The maximum absolute atomic E-state index is 11.3. The molecule has 0 radical (unpaired) electrons. The molecule has 0 saturated heterocycles. The fraction of sp³-hybridized carbons (Fsp3) is 1.00. The van der Waals surface area contributed by atoms with Gasteiger partial charge in [0.05, 0.1) is 26.4 Å². The van der Waals surface area contributed by atoms with E-state index in [-0.39, 0.29) is 13.2 Å². The molecule has 0 aliphatic heterocycles. The molecule has 0 aromatic heterocycles. The molecule has 14 heteroatoms. The molecule has 0 amide bonds. The van der Waals surface area contributed by atoms with Gasteiger partial charge in [-0.2, -0.15) is 0 Å². The van der Waals surface area contributed by atoms with E-state index in [1.165, 1.54) is 321 Å². The van der Waals surface area contributed by atoms with Gasteiger partial charge in [0, 0.05) is 26.4 Å². The van der Waals surface area contributed by atoms with E-state index in [9.17, 15) is 28.7 Å². The fourth-order valence-corrected chi connectivity index (χ4v) is 12.3. The summed E-state index contributed by atoms with van der Waals surface area (Å²) >= 11 is 0. The van der Waals surface area contributed by atoms with E-state index in [0.717, 1.165) is 51.4 Å². The lowest BCUT2D eigenvalue weighted by atomic mass is 10.0. The first kappa shape index (κ1) is 84.1. The van der Waals surface area contributed by atoms with Gasteiger partial charge >= 0.3 is 15.6 Å². The molecular weight excluding hydrogens is 1090 g/mol. The van der Waals surface area contributed by atoms with Gasteiger partial charge in [-0.3, -0.25) is 9.05 Å². The van der Waals surface area contributed by atoms with E-state index in [2.05, 4.69) is 13.8 Å². The molecule has 0 spiro atoms. The Morgan fingerprint density at radius 1 is 0.226 bits per heavy atom. The number of rotatable bonds is 75. The molecule has 0 fully saturated rings. The van der Waals surface area contributed by atoms with Crippen LogP contribution in [0, 0.1) is 0 Å². The average molecular weight is 1240 g/mol. The summed E-state index contributed by atoms with van der Waals surface area (Å²) in [4.78, 5) is 36.8. The van der Waals surface area contributed by atoms with Crippen molar-refractivity contribution >= 4 is 15.6 Å². The Hall–Kier alpha value is 0.0600. The van der Waals surface area contributed by atoms with Gasteiger partial charge in [-0.15, -0.1) is 0 Å². The molecule has 0 saturated carbocycles. The predicted octanol–water partition coefficient (Wildman–Crippen LogP) is 22.7. The van der Waals surface area contributed by atoms with Gasteiger partial charge < -0.3 is 38.5 Å². The minimum Gasteiger partial charge on any atom is -0.379 e. The van der Waals surface area contributed by atoms with Crippen molar-refractivity contribution in [3.63, 3.8) is 0 Å². The minimum absolute atomic E-state index is 0.148. The maximum atomic E-state index is 11.3. The van der Waals surface area contributed by atoms with E-state index < -0.39 is 27.9 Å². The van der Waals surface area contributed by atoms with Crippen LogP contribution in [0.1, 0.15) is 386 Å². The Labute approximate surface area is 521 Å². The number of unbranched alkanes of at least 4 members (excludes halogenated alkanes) is 55. The van der Waals surface area contributed by atoms with Crippen LogP contribution in [0.25, 0.3) is 0 Å². The second-order valence-electron chi connectivity index (χ2n) is 25.5. The van der Waals surface area contributed by atoms with Crippen molar-refractivity contribution in [1.29, 1.82) is 0 Å². The summed E-state index contributed by atoms with van der Waals surface area (Å²) in [6.07, 6.45) is 75.5. The summed E-state index contributed by atoms with van der Waals surface area (Å²) < 4.78 is 55.7. The van der Waals surface area contributed by atoms with Crippen LogP contribution < -0.4 is 0 Å². The van der Waals surface area contributed by atoms with E-state index >= 15 is 0 Å². The summed E-state index contributed by atoms with van der Waals surface area (Å²) in [6, 6.07) is 0. The Bertz CT molecular complexity index is 1240. The zero-order valence-electron chi connectivity index (χ0n) is 55.8. The molecule has 2 atom stereocenters. The number of phosphoric ester groups is 2. The second-order valence-corrected chi connectivity index (χ2v) is 28.0. The van der Waals surface area contributed by atoms with Crippen LogP contribution in [0.5, 0.6) is 0 Å². The topological polar surface area (TPSA) is 170 Å². The van der Waals surface area contributed by atoms with Crippen LogP contribution >= 0.6 is 15.6 Å². The smallest absolute Gasteiger partial charge is 0.379 e. The van der Waals surface area contributed by atoms with Crippen LogP contribution in [0.2, 0.25) is 0 Å². The van der Waals surface area contributed by atoms with E-state index in [1.807, 2.05) is 0 Å². The highest BCUT2D eigenvalue weighted by atomic mass is 31.2. The summed E-state index contributed by atoms with van der Waals surface area (Å²) in [5, 5.41) is 0. The van der Waals surface area contributed by atoms with Crippen LogP contribution in [0.4, 0.5) is 0 Å². The van der Waals surface area contributed by atoms with Crippen LogP contribution in [-0.2, 0) is 37.1 Å². The molecule has 12 nitrogen and oxygen atoms in total. The number of hydrogen-bond donors (Lipinski definition) is 4. The summed E-state index contributed by atoms with van der Waals surface area (Å²) in [6.45, 7) is 7.29. The largest absolute Gasteiger partial charge is 0.469 e. The number of phosphoric acid groups is 2. The van der Waals surface area contributed by atoms with Crippen LogP contribution in [-0.4, -0.2) is 84.6 Å². The van der Waals surface area contributed by atoms with Crippen molar-refractivity contribution in [1.82, 2.24) is 0 Å². The highest BCUT2D eigenvalue weighted by molar-refractivity contribution is 7.46. The molecule has 0 bridgehead atoms. The van der Waals surface area contributed by atoms with Crippen molar-refractivity contribution in [2.75, 3.05) is 52.9 Å². The lowest BCUT2D eigenvalue weighted by molar-refractivity contribution is -0.0430. The number of hydrogen-bond acceptors (Lipinski definition) is 8. The third kappa shape index (κ3) is 74.5. The molecular formula is C70H144O12P2. The van der Waals surface area contributed by atoms with Gasteiger partial charge in [0.1, 0.15) is 12.2 Å². The van der Waals surface area contributed by atoms with E-state index in [0.29, 0.717) is 39.6 Å². The molecule has 0 aromatic rings. The highest BCUT2D eigenvalue weighted by Crippen LogP contribution is 2.37. The monoisotopic (exact) mass is 1240 g/mol. The van der Waals surface area contributed by atoms with Gasteiger partial charge in [0.25, 0.3) is 0 Å². The van der Waals surface area contributed by atoms with Crippen LogP contribution in [0.15, 0.2) is 0 Å². The van der Waals surface area contributed by atoms with Gasteiger partial charge in [-0.25, -0.2) is 9.13 Å². The van der Waals surface area contributed by atoms with Gasteiger partial charge in [-0.1, -0.05) is 361 Å². The third-order valence-electron chi connectivity index (χ3n) is 17.0. The SMILES string of the molecule is CCCCCCCCCCCCCCCCOC[C@@H](COP(=O)(O)O)OCCCCCCCCCCCCCCCCCCCCCCCCCCCCCCCCO[C@@H](COCCCCCCCCCCCCCCCC)COP(=O)(O)O. The molecule has 0 aliphatic carbocycles. The molecule has 506 valence electrons. The standard InChI is InChI=1S/C70H144O12P2/c1-3-5-7-9-11-13-15-17-37-41-45-49-53-57-61-77-65-69(67-81-83(71,72)73)79-63-59-55-51-47-43-39-35-33-31-29-27-25-23-21-19-20-22-24-26-28-30-32-34-36-40-44-48-52-56-60-64-80-70(68-82-84(74,75)76)66-78-62-58-54-50-46-42-38-18-16-14-12-10-8-6-4-2/h69-70H,3-68H2,1-2H3,(H2,71,72,73)(H2,74,75,76)/t69-,70-/m0/s1. The zero-order chi connectivity index (χ0) is 61.1. The first-order valence-corrected chi connectivity index (χ1v) is 39.9. The van der Waals surface area contributed by atoms with E-state index in [4.69, 9.17) is 28.0 Å². The third-order valence-corrected chi connectivity index (χ3v) is 18.0. The summed E-state index contributed by atoms with van der Waals surface area (Å²) in [5.74, 6) is 0. The zero-order valence-corrected chi connectivity index (χ0v) is 57.6. The molecule has 0 unspecified atom stereocenters. The molecule has 0 heterocycles. The molecule has 0 rings (SSSR count). The average Bonchev–Trinajstić information content (AvgIpc) is 3.48. The summed E-state index contributed by atoms with van der Waals surface area (Å²) in [7, 11) is -9.08. The predicted molar refractivity (Wildman–Crippen MR) is 356 cm³/mol. The Balaban J connectivity index is 3.55. The van der Waals surface area contributed by atoms with Gasteiger partial charge in [0.2, 0.25) is 0 Å². The van der Waals surface area contributed by atoms with Gasteiger partial charge in [0.15, 0.2) is 0 Å². The molecule has 0 aliphatic rings. The highest BCUT2D eigenvalue weighted by Gasteiger charge is 2.20. The molecule has 0 aromatic carbocycles. The Kier molecular flexibility index (Phi) is 69.0. The number of ether oxygens (including phenoxy) is 4. The summed E-state index contributed by atoms with van der Waals surface area (Å²) in [5.41, 5.74) is 0. The normalized spacial score (nSPS) is 13.0. The second kappa shape index (κ2) is 69.0. The Morgan fingerprint density at radius 2 is 0.381 bits per heavy atom. The molecule has 4 N–H and O–H groups in total. The maximum Gasteiger partial charge on any atom is 0.469 e.